The van der Waals surface area contributed by atoms with Crippen molar-refractivity contribution in [3.05, 3.63) is 39.9 Å². The highest BCUT2D eigenvalue weighted by molar-refractivity contribution is 6.19. The SMILES string of the molecule is CC1(C)C(=O)[C@@H]2C(c3ccc([N+](=O)[O-])cc3)[C@@H]2C1=O. The van der Waals surface area contributed by atoms with Gasteiger partial charge < -0.3 is 0 Å². The maximum Gasteiger partial charge on any atom is 0.269 e. The first-order valence-electron chi connectivity index (χ1n) is 6.18. The predicted octanol–water partition coefficient (Wildman–Crippen LogP) is 2.10. The van der Waals surface area contributed by atoms with Gasteiger partial charge in [0.1, 0.15) is 11.6 Å². The van der Waals surface area contributed by atoms with Crippen LogP contribution in [-0.2, 0) is 9.59 Å². The lowest BCUT2D eigenvalue weighted by Gasteiger charge is -2.18. The Labute approximate surface area is 109 Å². The van der Waals surface area contributed by atoms with Gasteiger partial charge in [-0.2, -0.15) is 0 Å². The second kappa shape index (κ2) is 3.50. The van der Waals surface area contributed by atoms with Gasteiger partial charge in [-0.1, -0.05) is 12.1 Å². The third kappa shape index (κ3) is 1.47. The Bertz CT molecular complexity index is 578. The maximum atomic E-state index is 12.1. The van der Waals surface area contributed by atoms with Crippen LogP contribution in [-0.4, -0.2) is 16.5 Å². The van der Waals surface area contributed by atoms with E-state index in [2.05, 4.69) is 0 Å². The summed E-state index contributed by atoms with van der Waals surface area (Å²) in [7, 11) is 0. The van der Waals surface area contributed by atoms with E-state index in [1.165, 1.54) is 12.1 Å². The van der Waals surface area contributed by atoms with Gasteiger partial charge in [0.2, 0.25) is 0 Å². The molecule has 0 saturated heterocycles. The molecule has 0 aliphatic heterocycles. The molecule has 5 heteroatoms. The minimum absolute atomic E-state index is 0.00542. The summed E-state index contributed by atoms with van der Waals surface area (Å²) >= 11 is 0. The number of benzene rings is 1. The third-order valence-electron chi connectivity index (χ3n) is 4.35. The molecule has 0 radical (unpaired) electrons. The number of Topliss-reactive ketones (excluding diaryl/α,β-unsaturated/α-hetero) is 2. The lowest BCUT2D eigenvalue weighted by Crippen LogP contribution is -2.30. The first kappa shape index (κ1) is 12.0. The Hall–Kier alpha value is -2.04. The Morgan fingerprint density at radius 2 is 1.47 bits per heavy atom. The first-order valence-corrected chi connectivity index (χ1v) is 6.18. The Balaban J connectivity index is 1.87. The monoisotopic (exact) mass is 259 g/mol. The van der Waals surface area contributed by atoms with E-state index >= 15 is 0 Å². The van der Waals surface area contributed by atoms with Crippen molar-refractivity contribution in [2.75, 3.05) is 0 Å². The van der Waals surface area contributed by atoms with E-state index in [1.54, 1.807) is 26.0 Å². The van der Waals surface area contributed by atoms with Crippen LogP contribution in [0.4, 0.5) is 5.69 Å². The average Bonchev–Trinajstić information content (AvgIpc) is 3.07. The number of non-ortho nitro benzene ring substituents is 1. The van der Waals surface area contributed by atoms with Gasteiger partial charge in [0, 0.05) is 29.9 Å². The van der Waals surface area contributed by atoms with Crippen LogP contribution in [0.2, 0.25) is 0 Å². The lowest BCUT2D eigenvalue weighted by molar-refractivity contribution is -0.384. The van der Waals surface area contributed by atoms with Crippen molar-refractivity contribution in [2.45, 2.75) is 19.8 Å². The normalized spacial score (nSPS) is 31.2. The molecule has 1 aromatic rings. The quantitative estimate of drug-likeness (QED) is 0.463. The molecule has 0 heterocycles. The van der Waals surface area contributed by atoms with Gasteiger partial charge in [0.25, 0.3) is 5.69 Å². The van der Waals surface area contributed by atoms with E-state index in [-0.39, 0.29) is 35.0 Å². The van der Waals surface area contributed by atoms with Crippen molar-refractivity contribution in [3.8, 4) is 0 Å². The zero-order valence-electron chi connectivity index (χ0n) is 10.6. The minimum Gasteiger partial charge on any atom is -0.298 e. The number of ketones is 2. The predicted molar refractivity (Wildman–Crippen MR) is 66.6 cm³/mol. The average molecular weight is 259 g/mol. The highest BCUT2D eigenvalue weighted by atomic mass is 16.6. The molecule has 0 spiro atoms. The van der Waals surface area contributed by atoms with Crippen molar-refractivity contribution >= 4 is 17.3 Å². The molecule has 0 amide bonds. The zero-order chi connectivity index (χ0) is 13.9. The van der Waals surface area contributed by atoms with Crippen molar-refractivity contribution in [3.63, 3.8) is 0 Å². The number of rotatable bonds is 2. The summed E-state index contributed by atoms with van der Waals surface area (Å²) in [6.07, 6.45) is 0. The number of hydrogen-bond acceptors (Lipinski definition) is 4. The molecule has 2 aliphatic rings. The van der Waals surface area contributed by atoms with Gasteiger partial charge >= 0.3 is 0 Å². The minimum atomic E-state index is -0.855. The van der Waals surface area contributed by atoms with E-state index in [9.17, 15) is 19.7 Å². The molecule has 98 valence electrons. The summed E-state index contributed by atoms with van der Waals surface area (Å²) in [5.74, 6) is -0.501. The molecule has 2 saturated carbocycles. The highest BCUT2D eigenvalue weighted by Crippen LogP contribution is 2.64. The number of hydrogen-bond donors (Lipinski definition) is 0. The smallest absolute Gasteiger partial charge is 0.269 e. The van der Waals surface area contributed by atoms with Crippen molar-refractivity contribution in [2.24, 2.45) is 17.3 Å². The third-order valence-corrected chi connectivity index (χ3v) is 4.35. The van der Waals surface area contributed by atoms with E-state index in [1.807, 2.05) is 0 Å². The van der Waals surface area contributed by atoms with Gasteiger partial charge in [0.15, 0.2) is 0 Å². The lowest BCUT2D eigenvalue weighted by atomic mass is 9.82. The summed E-state index contributed by atoms with van der Waals surface area (Å²) < 4.78 is 0. The van der Waals surface area contributed by atoms with Crippen LogP contribution >= 0.6 is 0 Å². The number of nitro groups is 1. The molecule has 2 fully saturated rings. The van der Waals surface area contributed by atoms with Crippen LogP contribution in [0.5, 0.6) is 0 Å². The molecule has 2 aliphatic carbocycles. The Morgan fingerprint density at radius 1 is 1.00 bits per heavy atom. The zero-order valence-corrected chi connectivity index (χ0v) is 10.6. The van der Waals surface area contributed by atoms with Crippen LogP contribution in [0, 0.1) is 27.4 Å². The standard InChI is InChI=1S/C14H13NO4/c1-14(2)12(16)10-9(11(10)13(14)17)7-3-5-8(6-4-7)15(18)19/h3-6,9-11H,1-2H3/t9?,10-,11+. The topological polar surface area (TPSA) is 77.3 Å². The van der Waals surface area contributed by atoms with Crippen LogP contribution in [0.15, 0.2) is 24.3 Å². The first-order chi connectivity index (χ1) is 8.85. The summed E-state index contributed by atoms with van der Waals surface area (Å²) in [6, 6.07) is 6.14. The molecule has 3 atom stereocenters. The molecule has 0 N–H and O–H groups in total. The second-order valence-corrected chi connectivity index (χ2v) is 5.78. The van der Waals surface area contributed by atoms with Crippen molar-refractivity contribution in [1.29, 1.82) is 0 Å². The fourth-order valence-electron chi connectivity index (χ4n) is 3.15. The van der Waals surface area contributed by atoms with Gasteiger partial charge in [-0.25, -0.2) is 0 Å². The Morgan fingerprint density at radius 3 is 1.89 bits per heavy atom. The van der Waals surface area contributed by atoms with E-state index < -0.39 is 10.3 Å². The van der Waals surface area contributed by atoms with Gasteiger partial charge in [-0.15, -0.1) is 0 Å². The number of carbonyl (C=O) groups excluding carboxylic acids is 2. The molecule has 0 bridgehead atoms. The summed E-state index contributed by atoms with van der Waals surface area (Å²) in [5.41, 5.74) is 0.0115. The van der Waals surface area contributed by atoms with Crippen LogP contribution in [0.25, 0.3) is 0 Å². The number of fused-ring (bicyclic) bond motifs is 1. The van der Waals surface area contributed by atoms with E-state index in [0.29, 0.717) is 0 Å². The fraction of sp³-hybridized carbons (Fsp3) is 0.429. The molecule has 5 nitrogen and oxygen atoms in total. The van der Waals surface area contributed by atoms with E-state index in [0.717, 1.165) is 5.56 Å². The highest BCUT2D eigenvalue weighted by Gasteiger charge is 2.70. The molecule has 19 heavy (non-hydrogen) atoms. The summed E-state index contributed by atoms with van der Waals surface area (Å²) in [5, 5.41) is 10.6. The number of nitrogens with zero attached hydrogens (tertiary/aromatic N) is 1. The summed E-state index contributed by atoms with van der Waals surface area (Å²) in [4.78, 5) is 34.3. The van der Waals surface area contributed by atoms with Crippen molar-refractivity contribution < 1.29 is 14.5 Å². The van der Waals surface area contributed by atoms with Gasteiger partial charge in [-0.05, 0) is 19.4 Å². The number of nitro benzene ring substituents is 1. The molecular formula is C14H13NO4. The molecule has 1 unspecified atom stereocenters. The van der Waals surface area contributed by atoms with Crippen LogP contribution in [0.1, 0.15) is 25.3 Å². The maximum absolute atomic E-state index is 12.1. The van der Waals surface area contributed by atoms with Crippen LogP contribution < -0.4 is 0 Å². The largest absolute Gasteiger partial charge is 0.298 e. The second-order valence-electron chi connectivity index (χ2n) is 5.78. The molecule has 3 rings (SSSR count). The molecule has 1 aromatic carbocycles. The molecule has 0 aromatic heterocycles. The van der Waals surface area contributed by atoms with Gasteiger partial charge in [-0.3, -0.25) is 19.7 Å². The summed E-state index contributed by atoms with van der Waals surface area (Å²) in [6.45, 7) is 3.35. The van der Waals surface area contributed by atoms with E-state index in [4.69, 9.17) is 0 Å². The fourth-order valence-corrected chi connectivity index (χ4v) is 3.15. The van der Waals surface area contributed by atoms with Gasteiger partial charge in [0.05, 0.1) is 10.3 Å². The molecular weight excluding hydrogens is 246 g/mol. The van der Waals surface area contributed by atoms with Crippen LogP contribution in [0.3, 0.4) is 0 Å². The van der Waals surface area contributed by atoms with Crippen molar-refractivity contribution in [1.82, 2.24) is 0 Å². The number of carbonyl (C=O) groups is 2. The Kier molecular flexibility index (Phi) is 2.21.